The van der Waals surface area contributed by atoms with E-state index in [1.807, 2.05) is 0 Å². The zero-order valence-corrected chi connectivity index (χ0v) is 9.40. The maximum absolute atomic E-state index is 11.6. The molecule has 3 nitrogen and oxygen atoms in total. The zero-order chi connectivity index (χ0) is 9.26. The molecule has 1 aliphatic heterocycles. The van der Waals surface area contributed by atoms with E-state index in [4.69, 9.17) is 0 Å². The van der Waals surface area contributed by atoms with Crippen LogP contribution in [-0.2, 0) is 4.79 Å². The van der Waals surface area contributed by atoms with Gasteiger partial charge in [-0.05, 0) is 38.6 Å². The third-order valence-electron chi connectivity index (χ3n) is 3.13. The molecule has 2 rings (SSSR count). The summed E-state index contributed by atoms with van der Waals surface area (Å²) >= 11 is 0. The predicted molar refractivity (Wildman–Crippen MR) is 58.6 cm³/mol. The van der Waals surface area contributed by atoms with Crippen LogP contribution in [0.2, 0.25) is 0 Å². The standard InChI is InChI=1S/C10H18N2O.ClH/c1-7(8-2-3-8)12-10(13)9-4-5-11-6-9;/h7-9,11H,2-6H2,1H3,(H,12,13);1H/t7?,9-;/m1./s1. The first-order valence-corrected chi connectivity index (χ1v) is 5.28. The van der Waals surface area contributed by atoms with Crippen LogP contribution in [0.25, 0.3) is 0 Å². The minimum absolute atomic E-state index is 0. The molecule has 1 amide bonds. The van der Waals surface area contributed by atoms with Gasteiger partial charge in [0, 0.05) is 12.6 Å². The second-order valence-corrected chi connectivity index (χ2v) is 4.32. The van der Waals surface area contributed by atoms with Gasteiger partial charge in [-0.25, -0.2) is 0 Å². The van der Waals surface area contributed by atoms with Gasteiger partial charge in [0.25, 0.3) is 0 Å². The van der Waals surface area contributed by atoms with Gasteiger partial charge in [-0.1, -0.05) is 0 Å². The Hall–Kier alpha value is -0.280. The van der Waals surface area contributed by atoms with Crippen molar-refractivity contribution in [2.75, 3.05) is 13.1 Å². The third-order valence-corrected chi connectivity index (χ3v) is 3.13. The Balaban J connectivity index is 0.000000980. The molecule has 14 heavy (non-hydrogen) atoms. The summed E-state index contributed by atoms with van der Waals surface area (Å²) in [6.07, 6.45) is 3.60. The van der Waals surface area contributed by atoms with Gasteiger partial charge in [0.1, 0.15) is 0 Å². The zero-order valence-electron chi connectivity index (χ0n) is 8.58. The molecule has 82 valence electrons. The van der Waals surface area contributed by atoms with Crippen LogP contribution in [0.5, 0.6) is 0 Å². The second-order valence-electron chi connectivity index (χ2n) is 4.32. The van der Waals surface area contributed by atoms with Crippen LogP contribution in [0, 0.1) is 11.8 Å². The summed E-state index contributed by atoms with van der Waals surface area (Å²) in [7, 11) is 0. The Kier molecular flexibility index (Phi) is 4.20. The lowest BCUT2D eigenvalue weighted by atomic mass is 10.1. The van der Waals surface area contributed by atoms with Crippen LogP contribution in [0.3, 0.4) is 0 Å². The number of hydrogen-bond donors (Lipinski definition) is 2. The van der Waals surface area contributed by atoms with E-state index in [-0.39, 0.29) is 24.2 Å². The minimum Gasteiger partial charge on any atom is -0.353 e. The first-order valence-electron chi connectivity index (χ1n) is 5.28. The highest BCUT2D eigenvalue weighted by Crippen LogP contribution is 2.32. The summed E-state index contributed by atoms with van der Waals surface area (Å²) in [5, 5.41) is 6.32. The fraction of sp³-hybridized carbons (Fsp3) is 0.900. The Morgan fingerprint density at radius 3 is 2.64 bits per heavy atom. The summed E-state index contributed by atoms with van der Waals surface area (Å²) < 4.78 is 0. The molecule has 2 atom stereocenters. The summed E-state index contributed by atoms with van der Waals surface area (Å²) in [5.41, 5.74) is 0. The molecule has 4 heteroatoms. The van der Waals surface area contributed by atoms with Crippen molar-refractivity contribution in [3.05, 3.63) is 0 Å². The third kappa shape index (κ3) is 2.85. The van der Waals surface area contributed by atoms with Gasteiger partial charge in [0.15, 0.2) is 0 Å². The largest absolute Gasteiger partial charge is 0.353 e. The van der Waals surface area contributed by atoms with E-state index in [2.05, 4.69) is 17.6 Å². The van der Waals surface area contributed by atoms with Gasteiger partial charge in [-0.15, -0.1) is 12.4 Å². The van der Waals surface area contributed by atoms with Crippen LogP contribution >= 0.6 is 12.4 Å². The van der Waals surface area contributed by atoms with Crippen LogP contribution in [-0.4, -0.2) is 25.0 Å². The average molecular weight is 219 g/mol. The fourth-order valence-electron chi connectivity index (χ4n) is 1.93. The highest BCUT2D eigenvalue weighted by molar-refractivity contribution is 5.85. The SMILES string of the molecule is CC(NC(=O)[C@@H]1CCNC1)C1CC1.Cl. The van der Waals surface area contributed by atoms with Crippen LogP contribution in [0.1, 0.15) is 26.2 Å². The first-order chi connectivity index (χ1) is 6.27. The van der Waals surface area contributed by atoms with Gasteiger partial charge in [0.05, 0.1) is 5.92 Å². The molecular formula is C10H19ClN2O. The lowest BCUT2D eigenvalue weighted by Crippen LogP contribution is -2.39. The number of carbonyl (C=O) groups excluding carboxylic acids is 1. The molecule has 2 aliphatic rings. The van der Waals surface area contributed by atoms with Crippen LogP contribution < -0.4 is 10.6 Å². The van der Waals surface area contributed by atoms with E-state index >= 15 is 0 Å². The molecule has 0 spiro atoms. The number of hydrogen-bond acceptors (Lipinski definition) is 2. The van der Waals surface area contributed by atoms with Crippen LogP contribution in [0.4, 0.5) is 0 Å². The van der Waals surface area contributed by atoms with Crippen molar-refractivity contribution in [1.29, 1.82) is 0 Å². The molecule has 1 saturated heterocycles. The molecule has 0 aromatic carbocycles. The summed E-state index contributed by atoms with van der Waals surface area (Å²) in [4.78, 5) is 11.6. The predicted octanol–water partition coefficient (Wildman–Crippen LogP) is 0.932. The molecule has 2 fully saturated rings. The maximum Gasteiger partial charge on any atom is 0.224 e. The highest BCUT2D eigenvalue weighted by Gasteiger charge is 2.31. The number of rotatable bonds is 3. The quantitative estimate of drug-likeness (QED) is 0.740. The topological polar surface area (TPSA) is 41.1 Å². The smallest absolute Gasteiger partial charge is 0.224 e. The average Bonchev–Trinajstić information content (AvgIpc) is 2.81. The van der Waals surface area contributed by atoms with E-state index in [0.717, 1.165) is 25.4 Å². The van der Waals surface area contributed by atoms with Gasteiger partial charge in [-0.2, -0.15) is 0 Å². The van der Waals surface area contributed by atoms with Crippen molar-refractivity contribution in [2.45, 2.75) is 32.2 Å². The molecule has 0 aromatic rings. The molecule has 0 radical (unpaired) electrons. The van der Waals surface area contributed by atoms with E-state index in [0.29, 0.717) is 6.04 Å². The van der Waals surface area contributed by atoms with E-state index in [1.165, 1.54) is 12.8 Å². The summed E-state index contributed by atoms with van der Waals surface area (Å²) in [5.74, 6) is 1.24. The molecule has 2 N–H and O–H groups in total. The number of carbonyl (C=O) groups is 1. The van der Waals surface area contributed by atoms with Crippen molar-refractivity contribution >= 4 is 18.3 Å². The Bertz CT molecular complexity index is 200. The Morgan fingerprint density at radius 2 is 2.14 bits per heavy atom. The molecule has 1 saturated carbocycles. The Labute approximate surface area is 91.4 Å². The van der Waals surface area contributed by atoms with Crippen molar-refractivity contribution in [1.82, 2.24) is 10.6 Å². The van der Waals surface area contributed by atoms with Crippen molar-refractivity contribution in [3.63, 3.8) is 0 Å². The first kappa shape index (κ1) is 11.8. The number of halogens is 1. The summed E-state index contributed by atoms with van der Waals surface area (Å²) in [6.45, 7) is 3.98. The Morgan fingerprint density at radius 1 is 1.43 bits per heavy atom. The normalized spacial score (nSPS) is 27.9. The van der Waals surface area contributed by atoms with Crippen molar-refractivity contribution in [3.8, 4) is 0 Å². The molecule has 1 aliphatic carbocycles. The van der Waals surface area contributed by atoms with Crippen LogP contribution in [0.15, 0.2) is 0 Å². The minimum atomic E-state index is 0. The molecule has 0 aromatic heterocycles. The fourth-order valence-corrected chi connectivity index (χ4v) is 1.93. The number of nitrogens with one attached hydrogen (secondary N) is 2. The maximum atomic E-state index is 11.6. The van der Waals surface area contributed by atoms with Gasteiger partial charge in [-0.3, -0.25) is 4.79 Å². The van der Waals surface area contributed by atoms with E-state index in [9.17, 15) is 4.79 Å². The lowest BCUT2D eigenvalue weighted by molar-refractivity contribution is -0.125. The molecule has 1 heterocycles. The number of amides is 1. The van der Waals surface area contributed by atoms with E-state index < -0.39 is 0 Å². The highest BCUT2D eigenvalue weighted by atomic mass is 35.5. The lowest BCUT2D eigenvalue weighted by Gasteiger charge is -2.15. The summed E-state index contributed by atoms with van der Waals surface area (Å²) in [6, 6.07) is 0.396. The molecule has 0 bridgehead atoms. The monoisotopic (exact) mass is 218 g/mol. The second kappa shape index (κ2) is 4.99. The van der Waals surface area contributed by atoms with Crippen molar-refractivity contribution in [2.24, 2.45) is 11.8 Å². The van der Waals surface area contributed by atoms with Crippen molar-refractivity contribution < 1.29 is 4.79 Å². The van der Waals surface area contributed by atoms with Gasteiger partial charge >= 0.3 is 0 Å². The van der Waals surface area contributed by atoms with Gasteiger partial charge < -0.3 is 10.6 Å². The van der Waals surface area contributed by atoms with Gasteiger partial charge in [0.2, 0.25) is 5.91 Å². The molecule has 1 unspecified atom stereocenters. The van der Waals surface area contributed by atoms with E-state index in [1.54, 1.807) is 0 Å². The molecular weight excluding hydrogens is 200 g/mol.